The van der Waals surface area contributed by atoms with Gasteiger partial charge in [-0.05, 0) is 25.5 Å². The summed E-state index contributed by atoms with van der Waals surface area (Å²) in [6.45, 7) is 3.71. The highest BCUT2D eigenvalue weighted by molar-refractivity contribution is 5.93. The number of H-pyrrole nitrogens is 1. The Labute approximate surface area is 82.3 Å². The molecule has 1 fully saturated rings. The van der Waals surface area contributed by atoms with Gasteiger partial charge in [-0.2, -0.15) is 5.10 Å². The quantitative estimate of drug-likeness (QED) is 0.611. The maximum Gasteiger partial charge on any atom is 0.269 e. The Bertz CT molecular complexity index is 327. The van der Waals surface area contributed by atoms with E-state index in [1.807, 2.05) is 6.92 Å². The Balaban J connectivity index is 1.98. The van der Waals surface area contributed by atoms with Crippen LogP contribution in [0.5, 0.6) is 0 Å². The van der Waals surface area contributed by atoms with Crippen LogP contribution in [0.3, 0.4) is 0 Å². The second-order valence-electron chi connectivity index (χ2n) is 3.59. The van der Waals surface area contributed by atoms with Crippen LogP contribution in [0.4, 0.5) is 0 Å². The fourth-order valence-electron chi connectivity index (χ4n) is 1.61. The van der Waals surface area contributed by atoms with Crippen molar-refractivity contribution in [2.45, 2.75) is 19.4 Å². The monoisotopic (exact) mass is 194 g/mol. The first-order valence-corrected chi connectivity index (χ1v) is 4.79. The van der Waals surface area contributed by atoms with Crippen LogP contribution in [-0.4, -0.2) is 35.2 Å². The summed E-state index contributed by atoms with van der Waals surface area (Å²) in [6, 6.07) is 0.255. The molecule has 0 radical (unpaired) electrons. The van der Waals surface area contributed by atoms with E-state index in [-0.39, 0.29) is 11.9 Å². The lowest BCUT2D eigenvalue weighted by molar-refractivity contribution is 0.0934. The second kappa shape index (κ2) is 3.79. The smallest absolute Gasteiger partial charge is 0.269 e. The molecule has 76 valence electrons. The van der Waals surface area contributed by atoms with Crippen LogP contribution >= 0.6 is 0 Å². The summed E-state index contributed by atoms with van der Waals surface area (Å²) in [5.74, 6) is -0.0614. The van der Waals surface area contributed by atoms with Crippen molar-refractivity contribution in [3.05, 3.63) is 17.5 Å². The second-order valence-corrected chi connectivity index (χ2v) is 3.59. The molecule has 5 heteroatoms. The molecule has 1 unspecified atom stereocenters. The van der Waals surface area contributed by atoms with E-state index >= 15 is 0 Å². The Hall–Kier alpha value is -1.36. The van der Waals surface area contributed by atoms with E-state index in [9.17, 15) is 4.79 Å². The maximum atomic E-state index is 11.7. The van der Waals surface area contributed by atoms with Gasteiger partial charge in [-0.15, -0.1) is 0 Å². The maximum absolute atomic E-state index is 11.7. The highest BCUT2D eigenvalue weighted by atomic mass is 16.2. The van der Waals surface area contributed by atoms with Gasteiger partial charge in [-0.25, -0.2) is 0 Å². The largest absolute Gasteiger partial charge is 0.347 e. The van der Waals surface area contributed by atoms with Crippen molar-refractivity contribution in [2.24, 2.45) is 0 Å². The molecule has 5 nitrogen and oxygen atoms in total. The SMILES string of the molecule is Cc1cn[nH]c1C(=O)NC1CCNC1. The fraction of sp³-hybridized carbons (Fsp3) is 0.556. The Kier molecular flexibility index (Phi) is 2.49. The van der Waals surface area contributed by atoms with Gasteiger partial charge in [0, 0.05) is 12.6 Å². The minimum absolute atomic E-state index is 0.0614. The third kappa shape index (κ3) is 1.77. The Morgan fingerprint density at radius 1 is 1.71 bits per heavy atom. The van der Waals surface area contributed by atoms with Crippen molar-refractivity contribution in [3.63, 3.8) is 0 Å². The van der Waals surface area contributed by atoms with Gasteiger partial charge in [0.2, 0.25) is 0 Å². The summed E-state index contributed by atoms with van der Waals surface area (Å²) in [4.78, 5) is 11.7. The van der Waals surface area contributed by atoms with Crippen molar-refractivity contribution in [1.82, 2.24) is 20.8 Å². The van der Waals surface area contributed by atoms with Crippen molar-refractivity contribution >= 4 is 5.91 Å². The molecule has 0 aliphatic carbocycles. The van der Waals surface area contributed by atoms with Crippen LogP contribution in [0, 0.1) is 6.92 Å². The number of aromatic amines is 1. The number of carbonyl (C=O) groups is 1. The molecule has 1 atom stereocenters. The summed E-state index contributed by atoms with van der Waals surface area (Å²) < 4.78 is 0. The van der Waals surface area contributed by atoms with Gasteiger partial charge in [0.15, 0.2) is 0 Å². The van der Waals surface area contributed by atoms with Crippen molar-refractivity contribution in [3.8, 4) is 0 Å². The topological polar surface area (TPSA) is 69.8 Å². The van der Waals surface area contributed by atoms with Gasteiger partial charge in [0.05, 0.1) is 6.20 Å². The third-order valence-electron chi connectivity index (χ3n) is 2.45. The minimum Gasteiger partial charge on any atom is -0.347 e. The van der Waals surface area contributed by atoms with Crippen LogP contribution in [-0.2, 0) is 0 Å². The number of carbonyl (C=O) groups excluding carboxylic acids is 1. The Morgan fingerprint density at radius 3 is 3.14 bits per heavy atom. The molecular weight excluding hydrogens is 180 g/mol. The molecule has 1 aromatic rings. The highest BCUT2D eigenvalue weighted by Crippen LogP contribution is 2.04. The van der Waals surface area contributed by atoms with Crippen molar-refractivity contribution in [1.29, 1.82) is 0 Å². The summed E-state index contributed by atoms with van der Waals surface area (Å²) >= 11 is 0. The lowest BCUT2D eigenvalue weighted by atomic mass is 10.2. The van der Waals surface area contributed by atoms with Gasteiger partial charge in [-0.1, -0.05) is 0 Å². The zero-order chi connectivity index (χ0) is 9.97. The molecule has 0 bridgehead atoms. The van der Waals surface area contributed by atoms with Gasteiger partial charge in [-0.3, -0.25) is 9.89 Å². The molecule has 1 saturated heterocycles. The number of aromatic nitrogens is 2. The summed E-state index contributed by atoms with van der Waals surface area (Å²) in [6.07, 6.45) is 2.65. The van der Waals surface area contributed by atoms with Gasteiger partial charge < -0.3 is 10.6 Å². The summed E-state index contributed by atoms with van der Waals surface area (Å²) in [7, 11) is 0. The number of hydrogen-bond acceptors (Lipinski definition) is 3. The molecule has 0 spiro atoms. The van der Waals surface area contributed by atoms with E-state index in [4.69, 9.17) is 0 Å². The molecule has 2 rings (SSSR count). The summed E-state index contributed by atoms with van der Waals surface area (Å²) in [5, 5.41) is 12.7. The number of nitrogens with zero attached hydrogens (tertiary/aromatic N) is 1. The van der Waals surface area contributed by atoms with Crippen molar-refractivity contribution < 1.29 is 4.79 Å². The summed E-state index contributed by atoms with van der Waals surface area (Å²) in [5.41, 5.74) is 1.45. The number of aryl methyl sites for hydroxylation is 1. The normalized spacial score (nSPS) is 21.1. The zero-order valence-electron chi connectivity index (χ0n) is 8.13. The average Bonchev–Trinajstić information content (AvgIpc) is 2.75. The van der Waals surface area contributed by atoms with Gasteiger partial charge >= 0.3 is 0 Å². The number of hydrogen-bond donors (Lipinski definition) is 3. The van der Waals surface area contributed by atoms with E-state index in [1.54, 1.807) is 6.20 Å². The standard InChI is InChI=1S/C9H14N4O/c1-6-4-11-13-8(6)9(14)12-7-2-3-10-5-7/h4,7,10H,2-3,5H2,1H3,(H,11,13)(H,12,14). The number of nitrogens with one attached hydrogen (secondary N) is 3. The number of amides is 1. The van der Waals surface area contributed by atoms with Crippen LogP contribution in [0.25, 0.3) is 0 Å². The van der Waals surface area contributed by atoms with E-state index in [2.05, 4.69) is 20.8 Å². The highest BCUT2D eigenvalue weighted by Gasteiger charge is 2.19. The van der Waals surface area contributed by atoms with Crippen LogP contribution in [0.15, 0.2) is 6.20 Å². The molecular formula is C9H14N4O. The van der Waals surface area contributed by atoms with E-state index in [1.165, 1.54) is 0 Å². The Morgan fingerprint density at radius 2 is 2.57 bits per heavy atom. The molecule has 3 N–H and O–H groups in total. The molecule has 1 aliphatic heterocycles. The number of rotatable bonds is 2. The predicted octanol–water partition coefficient (Wildman–Crippen LogP) is -0.190. The molecule has 1 aliphatic rings. The lowest BCUT2D eigenvalue weighted by Crippen LogP contribution is -2.36. The first-order valence-electron chi connectivity index (χ1n) is 4.79. The lowest BCUT2D eigenvalue weighted by Gasteiger charge is -2.10. The predicted molar refractivity (Wildman–Crippen MR) is 52.1 cm³/mol. The average molecular weight is 194 g/mol. The molecule has 14 heavy (non-hydrogen) atoms. The zero-order valence-corrected chi connectivity index (χ0v) is 8.13. The van der Waals surface area contributed by atoms with Crippen molar-refractivity contribution in [2.75, 3.05) is 13.1 Å². The fourth-order valence-corrected chi connectivity index (χ4v) is 1.61. The first-order chi connectivity index (χ1) is 6.77. The van der Waals surface area contributed by atoms with Crippen LogP contribution in [0.2, 0.25) is 0 Å². The molecule has 0 saturated carbocycles. The van der Waals surface area contributed by atoms with Gasteiger partial charge in [0.25, 0.3) is 5.91 Å². The molecule has 1 aromatic heterocycles. The molecule has 2 heterocycles. The molecule has 1 amide bonds. The van der Waals surface area contributed by atoms with Gasteiger partial charge in [0.1, 0.15) is 5.69 Å². The van der Waals surface area contributed by atoms with Crippen LogP contribution in [0.1, 0.15) is 22.5 Å². The first kappa shape index (κ1) is 9.21. The van der Waals surface area contributed by atoms with E-state index in [0.29, 0.717) is 5.69 Å². The molecule has 0 aromatic carbocycles. The van der Waals surface area contributed by atoms with E-state index in [0.717, 1.165) is 25.1 Å². The van der Waals surface area contributed by atoms with Crippen LogP contribution < -0.4 is 10.6 Å². The van der Waals surface area contributed by atoms with E-state index < -0.39 is 0 Å². The third-order valence-corrected chi connectivity index (χ3v) is 2.45. The minimum atomic E-state index is -0.0614.